The lowest BCUT2D eigenvalue weighted by molar-refractivity contribution is 0.164. The van der Waals surface area contributed by atoms with Gasteiger partial charge in [-0.3, -0.25) is 0 Å². The third-order valence-corrected chi connectivity index (χ3v) is 4.04. The highest BCUT2D eigenvalue weighted by Gasteiger charge is 2.26. The predicted octanol–water partition coefficient (Wildman–Crippen LogP) is 3.89. The van der Waals surface area contributed by atoms with E-state index in [-0.39, 0.29) is 6.10 Å². The molecule has 1 fully saturated rings. The van der Waals surface area contributed by atoms with E-state index in [0.717, 1.165) is 25.0 Å². The number of benzene rings is 2. The molecule has 0 spiro atoms. The molecule has 1 N–H and O–H groups in total. The van der Waals surface area contributed by atoms with Gasteiger partial charge in [-0.05, 0) is 36.1 Å². The second kappa shape index (κ2) is 6.10. The van der Waals surface area contributed by atoms with Crippen LogP contribution in [0.5, 0.6) is 5.75 Å². The Morgan fingerprint density at radius 2 is 1.70 bits per heavy atom. The number of rotatable bonds is 4. The molecule has 0 heterocycles. The summed E-state index contributed by atoms with van der Waals surface area (Å²) in [5.41, 5.74) is 2.39. The molecule has 2 aromatic rings. The van der Waals surface area contributed by atoms with Crippen LogP contribution in [-0.2, 0) is 6.61 Å². The molecule has 20 heavy (non-hydrogen) atoms. The smallest absolute Gasteiger partial charge is 0.119 e. The van der Waals surface area contributed by atoms with Crippen molar-refractivity contribution >= 4 is 0 Å². The van der Waals surface area contributed by atoms with Crippen LogP contribution in [0.25, 0.3) is 0 Å². The summed E-state index contributed by atoms with van der Waals surface area (Å²) in [5, 5.41) is 9.93. The first-order valence-electron chi connectivity index (χ1n) is 7.28. The second-order valence-electron chi connectivity index (χ2n) is 5.45. The summed E-state index contributed by atoms with van der Waals surface area (Å²) in [5.74, 6) is 1.18. The first-order chi connectivity index (χ1) is 9.83. The van der Waals surface area contributed by atoms with Crippen molar-refractivity contribution in [1.29, 1.82) is 0 Å². The number of hydrogen-bond acceptors (Lipinski definition) is 2. The maximum Gasteiger partial charge on any atom is 0.119 e. The molecular weight excluding hydrogens is 248 g/mol. The van der Waals surface area contributed by atoms with Crippen LogP contribution in [0.1, 0.15) is 36.3 Å². The van der Waals surface area contributed by atoms with Crippen molar-refractivity contribution in [2.24, 2.45) is 0 Å². The largest absolute Gasteiger partial charge is 0.489 e. The molecule has 0 radical (unpaired) electrons. The van der Waals surface area contributed by atoms with Gasteiger partial charge in [0.25, 0.3) is 0 Å². The number of ether oxygens (including phenoxy) is 1. The Morgan fingerprint density at radius 3 is 2.35 bits per heavy atom. The molecule has 2 heteroatoms. The predicted molar refractivity (Wildman–Crippen MR) is 79.8 cm³/mol. The number of aliphatic hydroxyl groups is 1. The Labute approximate surface area is 120 Å². The van der Waals surface area contributed by atoms with E-state index < -0.39 is 0 Å². The van der Waals surface area contributed by atoms with Gasteiger partial charge in [0, 0.05) is 5.92 Å². The molecule has 104 valence electrons. The molecule has 0 amide bonds. The highest BCUT2D eigenvalue weighted by Crippen LogP contribution is 2.35. The first kappa shape index (κ1) is 13.2. The summed E-state index contributed by atoms with van der Waals surface area (Å²) in [4.78, 5) is 0. The van der Waals surface area contributed by atoms with E-state index in [9.17, 15) is 5.11 Å². The molecule has 0 saturated heterocycles. The molecule has 1 aliphatic carbocycles. The van der Waals surface area contributed by atoms with E-state index in [0.29, 0.717) is 12.5 Å². The van der Waals surface area contributed by atoms with Crippen LogP contribution in [0.2, 0.25) is 0 Å². The lowest BCUT2D eigenvalue weighted by Crippen LogP contribution is -2.10. The van der Waals surface area contributed by atoms with E-state index in [2.05, 4.69) is 24.3 Å². The van der Waals surface area contributed by atoms with Crippen molar-refractivity contribution < 1.29 is 9.84 Å². The fraction of sp³-hybridized carbons (Fsp3) is 0.333. The van der Waals surface area contributed by atoms with Crippen molar-refractivity contribution in [3.05, 3.63) is 65.7 Å². The highest BCUT2D eigenvalue weighted by atomic mass is 16.5. The molecular formula is C18H20O2. The van der Waals surface area contributed by atoms with E-state index in [1.54, 1.807) is 0 Å². The van der Waals surface area contributed by atoms with Crippen LogP contribution in [0.15, 0.2) is 54.6 Å². The van der Waals surface area contributed by atoms with Gasteiger partial charge in [0.15, 0.2) is 0 Å². The van der Waals surface area contributed by atoms with Gasteiger partial charge in [-0.25, -0.2) is 0 Å². The molecule has 0 aliphatic heterocycles. The van der Waals surface area contributed by atoms with E-state index in [1.165, 1.54) is 11.1 Å². The van der Waals surface area contributed by atoms with E-state index in [1.807, 2.05) is 30.3 Å². The van der Waals surface area contributed by atoms with Gasteiger partial charge in [0.1, 0.15) is 12.4 Å². The van der Waals surface area contributed by atoms with Crippen LogP contribution in [0, 0.1) is 0 Å². The average Bonchev–Trinajstić information content (AvgIpc) is 2.93. The molecule has 3 rings (SSSR count). The summed E-state index contributed by atoms with van der Waals surface area (Å²) in [6.07, 6.45) is 2.96. The monoisotopic (exact) mass is 268 g/mol. The average molecular weight is 268 g/mol. The molecule has 2 atom stereocenters. The standard InChI is InChI=1S/C18H20O2/c19-18-8-4-7-17(18)15-9-11-16(12-10-15)20-13-14-5-2-1-3-6-14/h1-3,5-6,9-12,17-19H,4,7-8,13H2/t17-,18+/m0/s1. The molecule has 1 aliphatic rings. The maximum absolute atomic E-state index is 9.93. The normalized spacial score (nSPS) is 21.9. The van der Waals surface area contributed by atoms with Crippen LogP contribution in [0.3, 0.4) is 0 Å². The number of hydrogen-bond donors (Lipinski definition) is 1. The summed E-state index contributed by atoms with van der Waals surface area (Å²) in [6, 6.07) is 18.3. The lowest BCUT2D eigenvalue weighted by Gasteiger charge is -2.15. The molecule has 0 bridgehead atoms. The van der Waals surface area contributed by atoms with Crippen LogP contribution >= 0.6 is 0 Å². The van der Waals surface area contributed by atoms with Gasteiger partial charge in [-0.1, -0.05) is 48.9 Å². The Balaban J connectivity index is 1.61. The van der Waals surface area contributed by atoms with Crippen molar-refractivity contribution in [2.75, 3.05) is 0 Å². The second-order valence-corrected chi connectivity index (χ2v) is 5.45. The fourth-order valence-electron chi connectivity index (χ4n) is 2.88. The minimum atomic E-state index is -0.175. The minimum Gasteiger partial charge on any atom is -0.489 e. The van der Waals surface area contributed by atoms with Gasteiger partial charge < -0.3 is 9.84 Å². The van der Waals surface area contributed by atoms with Gasteiger partial charge in [-0.2, -0.15) is 0 Å². The van der Waals surface area contributed by atoms with Crippen LogP contribution in [-0.4, -0.2) is 11.2 Å². The van der Waals surface area contributed by atoms with Crippen LogP contribution in [0.4, 0.5) is 0 Å². The van der Waals surface area contributed by atoms with Gasteiger partial charge in [0.2, 0.25) is 0 Å². The SMILES string of the molecule is O[C@@H]1CCC[C@H]1c1ccc(OCc2ccccc2)cc1. The Kier molecular flexibility index (Phi) is 4.03. The zero-order chi connectivity index (χ0) is 13.8. The van der Waals surface area contributed by atoms with Gasteiger partial charge in [-0.15, -0.1) is 0 Å². The molecule has 2 nitrogen and oxygen atoms in total. The number of aliphatic hydroxyl groups excluding tert-OH is 1. The van der Waals surface area contributed by atoms with E-state index >= 15 is 0 Å². The van der Waals surface area contributed by atoms with Gasteiger partial charge in [0.05, 0.1) is 6.10 Å². The third-order valence-electron chi connectivity index (χ3n) is 4.04. The zero-order valence-corrected chi connectivity index (χ0v) is 11.5. The first-order valence-corrected chi connectivity index (χ1v) is 7.28. The summed E-state index contributed by atoms with van der Waals surface area (Å²) >= 11 is 0. The van der Waals surface area contributed by atoms with Crippen molar-refractivity contribution in [3.8, 4) is 5.75 Å². The summed E-state index contributed by atoms with van der Waals surface area (Å²) in [7, 11) is 0. The zero-order valence-electron chi connectivity index (χ0n) is 11.5. The third kappa shape index (κ3) is 3.02. The molecule has 0 unspecified atom stereocenters. The summed E-state index contributed by atoms with van der Waals surface area (Å²) in [6.45, 7) is 0.590. The molecule has 0 aromatic heterocycles. The van der Waals surface area contributed by atoms with Crippen LogP contribution < -0.4 is 4.74 Å². The highest BCUT2D eigenvalue weighted by molar-refractivity contribution is 5.31. The Bertz CT molecular complexity index is 533. The molecule has 1 saturated carbocycles. The lowest BCUT2D eigenvalue weighted by atomic mass is 9.96. The summed E-state index contributed by atoms with van der Waals surface area (Å²) < 4.78 is 5.77. The van der Waals surface area contributed by atoms with Crippen molar-refractivity contribution in [2.45, 2.75) is 37.9 Å². The maximum atomic E-state index is 9.93. The van der Waals surface area contributed by atoms with Crippen molar-refractivity contribution in [1.82, 2.24) is 0 Å². The van der Waals surface area contributed by atoms with E-state index in [4.69, 9.17) is 4.74 Å². The van der Waals surface area contributed by atoms with Gasteiger partial charge >= 0.3 is 0 Å². The topological polar surface area (TPSA) is 29.5 Å². The fourth-order valence-corrected chi connectivity index (χ4v) is 2.88. The molecule has 2 aromatic carbocycles. The Hall–Kier alpha value is -1.80. The minimum absolute atomic E-state index is 0.175. The Morgan fingerprint density at radius 1 is 0.950 bits per heavy atom. The van der Waals surface area contributed by atoms with Crippen molar-refractivity contribution in [3.63, 3.8) is 0 Å². The quantitative estimate of drug-likeness (QED) is 0.911.